The molecule has 0 spiro atoms. The minimum atomic E-state index is -0.764. The number of aromatic nitrogens is 3. The van der Waals surface area contributed by atoms with Crippen LogP contribution in [-0.2, 0) is 4.74 Å². The smallest absolute Gasteiger partial charge is 0.410 e. The van der Waals surface area contributed by atoms with Gasteiger partial charge in [-0.25, -0.2) is 9.18 Å². The molecule has 30 heavy (non-hydrogen) atoms. The summed E-state index contributed by atoms with van der Waals surface area (Å²) in [6.45, 7) is 8.52. The van der Waals surface area contributed by atoms with Gasteiger partial charge in [0.1, 0.15) is 28.4 Å². The molecule has 1 amide bonds. The zero-order chi connectivity index (χ0) is 21.8. The molecule has 0 bridgehead atoms. The average molecular weight is 440 g/mol. The van der Waals surface area contributed by atoms with Crippen molar-refractivity contribution in [1.82, 2.24) is 19.9 Å². The summed E-state index contributed by atoms with van der Waals surface area (Å²) in [6, 6.07) is -0.266. The normalized spacial score (nSPS) is 21.0. The number of hydrogen-bond acceptors (Lipinski definition) is 8. The molecule has 0 aliphatic carbocycles. The Balaban J connectivity index is 1.77. The van der Waals surface area contributed by atoms with Gasteiger partial charge in [0, 0.05) is 19.6 Å². The average Bonchev–Trinajstić information content (AvgIpc) is 2.79. The zero-order valence-corrected chi connectivity index (χ0v) is 18.2. The molecule has 162 valence electrons. The van der Waals surface area contributed by atoms with Crippen LogP contribution in [0.3, 0.4) is 0 Å². The van der Waals surface area contributed by atoms with E-state index in [9.17, 15) is 9.18 Å². The number of fused-ring (bicyclic) bond motifs is 2. The Bertz CT molecular complexity index is 1010. The van der Waals surface area contributed by atoms with Crippen LogP contribution in [0.4, 0.5) is 15.0 Å². The van der Waals surface area contributed by atoms with E-state index in [1.165, 1.54) is 7.11 Å². The third kappa shape index (κ3) is 3.53. The number of pyridine rings is 1. The van der Waals surface area contributed by atoms with Crippen molar-refractivity contribution in [3.8, 4) is 11.9 Å². The highest BCUT2D eigenvalue weighted by molar-refractivity contribution is 6.30. The second-order valence-electron chi connectivity index (χ2n) is 8.29. The lowest BCUT2D eigenvalue weighted by molar-refractivity contribution is 0.0175. The lowest BCUT2D eigenvalue weighted by Crippen LogP contribution is -2.59. The van der Waals surface area contributed by atoms with E-state index < -0.39 is 23.6 Å². The quantitative estimate of drug-likeness (QED) is 0.626. The van der Waals surface area contributed by atoms with Crippen LogP contribution in [0.5, 0.6) is 11.9 Å². The first-order valence-electron chi connectivity index (χ1n) is 9.61. The number of carbonyl (C=O) groups is 1. The van der Waals surface area contributed by atoms with Crippen molar-refractivity contribution in [2.24, 2.45) is 0 Å². The van der Waals surface area contributed by atoms with Gasteiger partial charge < -0.3 is 24.0 Å². The Morgan fingerprint density at radius 3 is 2.67 bits per heavy atom. The van der Waals surface area contributed by atoms with Gasteiger partial charge in [0.15, 0.2) is 11.0 Å². The summed E-state index contributed by atoms with van der Waals surface area (Å²) >= 11 is 5.97. The molecule has 1 saturated heterocycles. The van der Waals surface area contributed by atoms with Gasteiger partial charge in [0.05, 0.1) is 13.2 Å². The van der Waals surface area contributed by atoms with Gasteiger partial charge in [-0.1, -0.05) is 11.6 Å². The van der Waals surface area contributed by atoms with E-state index >= 15 is 0 Å². The maximum absolute atomic E-state index is 14.7. The van der Waals surface area contributed by atoms with Crippen molar-refractivity contribution in [3.05, 3.63) is 11.0 Å². The van der Waals surface area contributed by atoms with Crippen molar-refractivity contribution < 1.29 is 23.4 Å². The zero-order valence-electron chi connectivity index (χ0n) is 17.4. The number of hydrogen-bond donors (Lipinski definition) is 0. The highest BCUT2D eigenvalue weighted by Gasteiger charge is 2.41. The minimum absolute atomic E-state index is 0.00694. The van der Waals surface area contributed by atoms with Crippen molar-refractivity contribution in [2.45, 2.75) is 45.4 Å². The standard InChI is InChI=1S/C19H23ClFN5O4/c1-9-10-8-25(18(27)30-19(2,3)4)6-7-26(10)15-11-13(22-17(24-15)28-5)12(21)14(20)23-16(11)29-9/h9-10H,6-8H2,1-5H3/t9-,10-/m0/s1. The van der Waals surface area contributed by atoms with Gasteiger partial charge in [-0.3, -0.25) is 0 Å². The summed E-state index contributed by atoms with van der Waals surface area (Å²) in [5.41, 5.74) is -0.616. The minimum Gasteiger partial charge on any atom is -0.472 e. The monoisotopic (exact) mass is 439 g/mol. The van der Waals surface area contributed by atoms with Crippen LogP contribution in [0.2, 0.25) is 5.15 Å². The van der Waals surface area contributed by atoms with Crippen LogP contribution in [0.15, 0.2) is 0 Å². The molecule has 0 saturated carbocycles. The van der Waals surface area contributed by atoms with Gasteiger partial charge in [0.2, 0.25) is 5.88 Å². The molecule has 4 rings (SSSR count). The van der Waals surface area contributed by atoms with E-state index in [2.05, 4.69) is 15.0 Å². The van der Waals surface area contributed by atoms with Gasteiger partial charge in [-0.15, -0.1) is 0 Å². The highest BCUT2D eigenvalue weighted by Crippen LogP contribution is 2.41. The molecule has 2 aromatic rings. The van der Waals surface area contributed by atoms with Crippen LogP contribution in [0, 0.1) is 5.82 Å². The molecule has 2 atom stereocenters. The van der Waals surface area contributed by atoms with Crippen LogP contribution in [0.25, 0.3) is 10.9 Å². The summed E-state index contributed by atoms with van der Waals surface area (Å²) in [5.74, 6) is -0.174. The molecule has 0 aromatic carbocycles. The van der Waals surface area contributed by atoms with Gasteiger partial charge in [0.25, 0.3) is 0 Å². The second kappa shape index (κ2) is 7.26. The van der Waals surface area contributed by atoms with Crippen molar-refractivity contribution in [2.75, 3.05) is 31.6 Å². The molecule has 2 aliphatic heterocycles. The van der Waals surface area contributed by atoms with E-state index in [-0.39, 0.29) is 28.6 Å². The molecule has 1 fully saturated rings. The molecule has 2 aromatic heterocycles. The predicted molar refractivity (Wildman–Crippen MR) is 108 cm³/mol. The van der Waals surface area contributed by atoms with Crippen molar-refractivity contribution in [3.63, 3.8) is 0 Å². The Hall–Kier alpha value is -2.62. The Morgan fingerprint density at radius 1 is 1.27 bits per heavy atom. The first-order valence-corrected chi connectivity index (χ1v) is 9.99. The van der Waals surface area contributed by atoms with Gasteiger partial charge in [-0.05, 0) is 27.7 Å². The number of methoxy groups -OCH3 is 1. The first-order chi connectivity index (χ1) is 14.1. The van der Waals surface area contributed by atoms with E-state index in [0.29, 0.717) is 30.8 Å². The molecule has 9 nitrogen and oxygen atoms in total. The number of rotatable bonds is 1. The number of ether oxygens (including phenoxy) is 3. The second-order valence-corrected chi connectivity index (χ2v) is 8.65. The van der Waals surface area contributed by atoms with Crippen LogP contribution in [0.1, 0.15) is 27.7 Å². The SMILES string of the molecule is COc1nc2c3c(nc(Cl)c(F)c3n1)O[C@@H](C)[C@@H]1CN(C(=O)OC(C)(C)C)CCN21. The lowest BCUT2D eigenvalue weighted by atomic mass is 10.1. The van der Waals surface area contributed by atoms with E-state index in [4.69, 9.17) is 25.8 Å². The lowest BCUT2D eigenvalue weighted by Gasteiger charge is -2.43. The Morgan fingerprint density at radius 2 is 2.00 bits per heavy atom. The molecule has 0 unspecified atom stereocenters. The third-order valence-corrected chi connectivity index (χ3v) is 5.29. The molecule has 0 N–H and O–H groups in total. The molecular formula is C19H23ClFN5O4. The van der Waals surface area contributed by atoms with Crippen molar-refractivity contribution >= 4 is 34.4 Å². The number of anilines is 1. The summed E-state index contributed by atoms with van der Waals surface area (Å²) < 4.78 is 31.5. The van der Waals surface area contributed by atoms with Crippen LogP contribution < -0.4 is 14.4 Å². The third-order valence-electron chi connectivity index (χ3n) is 5.04. The molecule has 4 heterocycles. The van der Waals surface area contributed by atoms with Gasteiger partial charge >= 0.3 is 12.1 Å². The van der Waals surface area contributed by atoms with E-state index in [1.54, 1.807) is 4.90 Å². The fraction of sp³-hybridized carbons (Fsp3) is 0.579. The maximum Gasteiger partial charge on any atom is 0.410 e. The Labute approximate surface area is 178 Å². The number of piperazine rings is 1. The number of halogens is 2. The molecule has 0 radical (unpaired) electrons. The summed E-state index contributed by atoms with van der Waals surface area (Å²) in [5, 5.41) is -0.00979. The van der Waals surface area contributed by atoms with Crippen molar-refractivity contribution in [1.29, 1.82) is 0 Å². The predicted octanol–water partition coefficient (Wildman–Crippen LogP) is 3.03. The summed E-state index contributed by atoms with van der Waals surface area (Å²) in [7, 11) is 1.41. The number of carbonyl (C=O) groups excluding carboxylic acids is 1. The largest absolute Gasteiger partial charge is 0.472 e. The fourth-order valence-electron chi connectivity index (χ4n) is 3.68. The molecule has 2 aliphatic rings. The van der Waals surface area contributed by atoms with Crippen LogP contribution >= 0.6 is 11.6 Å². The fourth-order valence-corrected chi connectivity index (χ4v) is 3.85. The molecular weight excluding hydrogens is 417 g/mol. The van der Waals surface area contributed by atoms with E-state index in [0.717, 1.165) is 0 Å². The molecule has 11 heteroatoms. The van der Waals surface area contributed by atoms with Crippen LogP contribution in [-0.4, -0.2) is 70.4 Å². The summed E-state index contributed by atoms with van der Waals surface area (Å²) in [6.07, 6.45) is -0.790. The highest BCUT2D eigenvalue weighted by atomic mass is 35.5. The number of nitrogens with zero attached hydrogens (tertiary/aromatic N) is 5. The number of amides is 1. The summed E-state index contributed by atoms with van der Waals surface area (Å²) in [4.78, 5) is 28.9. The maximum atomic E-state index is 14.7. The Kier molecular flexibility index (Phi) is 5.00. The first kappa shape index (κ1) is 20.6. The van der Waals surface area contributed by atoms with Gasteiger partial charge in [-0.2, -0.15) is 15.0 Å². The van der Waals surface area contributed by atoms with E-state index in [1.807, 2.05) is 32.6 Å². The topological polar surface area (TPSA) is 89.9 Å².